The summed E-state index contributed by atoms with van der Waals surface area (Å²) in [6.07, 6.45) is 3.41. The molecule has 0 heterocycles. The Hall–Kier alpha value is -4.05. The highest BCUT2D eigenvalue weighted by Crippen LogP contribution is 2.51. The summed E-state index contributed by atoms with van der Waals surface area (Å²) in [7, 11) is 3.52. The number of hydrogen-bond donors (Lipinski definition) is 2. The van der Waals surface area contributed by atoms with E-state index in [1.54, 1.807) is 0 Å². The van der Waals surface area contributed by atoms with Crippen molar-refractivity contribution < 1.29 is 0 Å². The van der Waals surface area contributed by atoms with Gasteiger partial charge in [-0.2, -0.15) is 0 Å². The largest absolute Gasteiger partial charge is 0.377 e. The smallest absolute Gasteiger partial charge is 0.253 e. The highest BCUT2D eigenvalue weighted by atomic mass is 31.1. The summed E-state index contributed by atoms with van der Waals surface area (Å²) in [5.74, 6) is 0.373. The summed E-state index contributed by atoms with van der Waals surface area (Å²) in [5.41, 5.74) is 2.60. The normalized spacial score (nSPS) is 18.6. The Kier molecular flexibility index (Phi) is 9.59. The molecule has 1 aliphatic carbocycles. The van der Waals surface area contributed by atoms with E-state index in [1.807, 2.05) is 36.4 Å². The van der Waals surface area contributed by atoms with Crippen LogP contribution < -0.4 is 32.1 Å². The van der Waals surface area contributed by atoms with Crippen LogP contribution in [-0.4, -0.2) is 30.7 Å². The van der Waals surface area contributed by atoms with Gasteiger partial charge >= 0.3 is 0 Å². The van der Waals surface area contributed by atoms with Gasteiger partial charge in [-0.1, -0.05) is 128 Å². The zero-order valence-corrected chi connectivity index (χ0v) is 27.2. The summed E-state index contributed by atoms with van der Waals surface area (Å²) in [5, 5.41) is 9.93. The van der Waals surface area contributed by atoms with E-state index in [4.69, 9.17) is 0 Å². The molecule has 0 amide bonds. The first-order valence-corrected chi connectivity index (χ1v) is 17.4. The van der Waals surface area contributed by atoms with Crippen molar-refractivity contribution in [2.45, 2.75) is 50.0 Å². The second-order valence-electron chi connectivity index (χ2n) is 12.4. The summed E-state index contributed by atoms with van der Waals surface area (Å²) in [4.78, 5) is 28.5. The van der Waals surface area contributed by atoms with Crippen molar-refractivity contribution in [3.05, 3.63) is 153 Å². The van der Waals surface area contributed by atoms with Gasteiger partial charge in [0.25, 0.3) is 10.9 Å². The van der Waals surface area contributed by atoms with Gasteiger partial charge in [-0.3, -0.25) is 9.59 Å². The number of rotatable bonds is 12. The predicted octanol–water partition coefficient (Wildman–Crippen LogP) is 6.84. The fraction of sp³-hybridized carbons (Fsp3) is 0.282. The van der Waals surface area contributed by atoms with E-state index < -0.39 is 18.8 Å². The highest BCUT2D eigenvalue weighted by Gasteiger charge is 2.39. The van der Waals surface area contributed by atoms with Crippen LogP contribution in [0.25, 0.3) is 0 Å². The maximum atomic E-state index is 13.2. The Bertz CT molecular complexity index is 1700. The van der Waals surface area contributed by atoms with Gasteiger partial charge < -0.3 is 15.5 Å². The molecule has 0 bridgehead atoms. The van der Waals surface area contributed by atoms with Crippen LogP contribution in [0.4, 0.5) is 11.4 Å². The van der Waals surface area contributed by atoms with E-state index in [0.717, 1.165) is 30.4 Å². The van der Waals surface area contributed by atoms with Crippen LogP contribution in [0.3, 0.4) is 0 Å². The van der Waals surface area contributed by atoms with Crippen molar-refractivity contribution >= 4 is 29.9 Å². The van der Waals surface area contributed by atoms with Gasteiger partial charge in [0, 0.05) is 6.04 Å². The first kappa shape index (κ1) is 31.0. The number of nitrogens with zero attached hydrogens (tertiary/aromatic N) is 1. The number of benzene rings is 4. The first-order chi connectivity index (χ1) is 21.9. The van der Waals surface area contributed by atoms with Crippen LogP contribution in [0.2, 0.25) is 0 Å². The number of nitrogens with one attached hydrogen (secondary N) is 2. The predicted molar refractivity (Wildman–Crippen MR) is 190 cm³/mol. The third-order valence-electron chi connectivity index (χ3n) is 9.33. The Morgan fingerprint density at radius 2 is 1.11 bits per heavy atom. The van der Waals surface area contributed by atoms with E-state index in [0.29, 0.717) is 23.0 Å². The van der Waals surface area contributed by atoms with Crippen LogP contribution in [0, 0.1) is 5.92 Å². The minimum Gasteiger partial charge on any atom is -0.377 e. The zero-order chi connectivity index (χ0) is 31.3. The summed E-state index contributed by atoms with van der Waals surface area (Å²) >= 11 is 0. The average molecular weight is 616 g/mol. The monoisotopic (exact) mass is 615 g/mol. The van der Waals surface area contributed by atoms with Gasteiger partial charge in [-0.05, 0) is 75.1 Å². The molecule has 45 heavy (non-hydrogen) atoms. The van der Waals surface area contributed by atoms with E-state index >= 15 is 0 Å². The SMILES string of the molecule is C[C@@H](Nc1c(N[C@@H](c2ccccc2)[C@H](c2ccccc2)N(C)C)c(=O)c1=O)[C@@H]1CCCC1P(c1ccccc1)c1ccccc1. The van der Waals surface area contributed by atoms with Gasteiger partial charge in [0.1, 0.15) is 11.4 Å². The summed E-state index contributed by atoms with van der Waals surface area (Å²) in [6, 6.07) is 42.0. The maximum Gasteiger partial charge on any atom is 0.253 e. The molecule has 5 aromatic rings. The molecule has 1 saturated carbocycles. The number of hydrogen-bond acceptors (Lipinski definition) is 5. The molecule has 5 atom stereocenters. The second kappa shape index (κ2) is 13.9. The van der Waals surface area contributed by atoms with Gasteiger partial charge in [0.15, 0.2) is 0 Å². The van der Waals surface area contributed by atoms with Gasteiger partial charge in [-0.15, -0.1) is 0 Å². The van der Waals surface area contributed by atoms with Crippen LogP contribution in [0.15, 0.2) is 131 Å². The lowest BCUT2D eigenvalue weighted by molar-refractivity contribution is 0.269. The lowest BCUT2D eigenvalue weighted by Crippen LogP contribution is -2.43. The molecule has 2 N–H and O–H groups in total. The minimum atomic E-state index is -0.581. The molecule has 0 spiro atoms. The molecule has 230 valence electrons. The lowest BCUT2D eigenvalue weighted by Gasteiger charge is -2.36. The lowest BCUT2D eigenvalue weighted by atomic mass is 9.91. The molecular formula is C39H42N3O2P. The molecule has 6 heteroatoms. The fourth-order valence-electron chi connectivity index (χ4n) is 7.18. The quantitative estimate of drug-likeness (QED) is 0.119. The summed E-state index contributed by atoms with van der Waals surface area (Å²) in [6.45, 7) is 2.19. The van der Waals surface area contributed by atoms with Crippen molar-refractivity contribution in [2.24, 2.45) is 5.92 Å². The van der Waals surface area contributed by atoms with E-state index in [9.17, 15) is 9.59 Å². The van der Waals surface area contributed by atoms with Gasteiger partial charge in [0.2, 0.25) is 0 Å². The van der Waals surface area contributed by atoms with E-state index in [2.05, 4.69) is 121 Å². The number of likely N-dealkylation sites (N-methyl/N-ethyl adjacent to an activating group) is 1. The van der Waals surface area contributed by atoms with Crippen LogP contribution in [0.5, 0.6) is 0 Å². The topological polar surface area (TPSA) is 61.4 Å². The minimum absolute atomic E-state index is 0.0349. The molecule has 5 nitrogen and oxygen atoms in total. The molecule has 0 aliphatic heterocycles. The van der Waals surface area contributed by atoms with Crippen molar-refractivity contribution in [2.75, 3.05) is 24.7 Å². The van der Waals surface area contributed by atoms with Crippen molar-refractivity contribution in [1.29, 1.82) is 0 Å². The zero-order valence-electron chi connectivity index (χ0n) is 26.3. The third kappa shape index (κ3) is 6.52. The van der Waals surface area contributed by atoms with Crippen molar-refractivity contribution in [1.82, 2.24) is 4.90 Å². The Balaban J connectivity index is 1.30. The Morgan fingerprint density at radius 3 is 1.62 bits per heavy atom. The van der Waals surface area contributed by atoms with Crippen LogP contribution in [0.1, 0.15) is 49.4 Å². The molecule has 0 saturated heterocycles. The van der Waals surface area contributed by atoms with Gasteiger partial charge in [0.05, 0.1) is 12.1 Å². The number of anilines is 2. The fourth-order valence-corrected chi connectivity index (χ4v) is 10.5. The Morgan fingerprint density at radius 1 is 0.644 bits per heavy atom. The average Bonchev–Trinajstić information content (AvgIpc) is 3.57. The van der Waals surface area contributed by atoms with E-state index in [1.165, 1.54) is 10.6 Å². The molecule has 6 rings (SSSR count). The molecule has 1 aliphatic rings. The third-order valence-corrected chi connectivity index (χ3v) is 12.3. The second-order valence-corrected chi connectivity index (χ2v) is 14.8. The molecule has 0 aromatic heterocycles. The molecular weight excluding hydrogens is 573 g/mol. The molecule has 1 fully saturated rings. The standard InChI is InChI=1S/C39H42N3O2P/c1-27(32-25-16-26-33(32)45(30-21-12-6-13-22-30)31-23-14-7-15-24-31)40-35-36(39(44)38(35)43)41-34(28-17-8-4-9-18-28)37(42(2)3)29-19-10-5-11-20-29/h4-15,17-24,27,32-34,37,40-41H,16,25-26H2,1-3H3/t27-,32+,33?,34+,37+/m1/s1. The molecule has 0 radical (unpaired) electrons. The Labute approximate surface area is 267 Å². The first-order valence-electron chi connectivity index (χ1n) is 16.0. The molecule has 1 unspecified atom stereocenters. The van der Waals surface area contributed by atoms with E-state index in [-0.39, 0.29) is 18.1 Å². The van der Waals surface area contributed by atoms with Crippen molar-refractivity contribution in [3.8, 4) is 0 Å². The van der Waals surface area contributed by atoms with Crippen molar-refractivity contribution in [3.63, 3.8) is 0 Å². The van der Waals surface area contributed by atoms with Gasteiger partial charge in [-0.25, -0.2) is 0 Å². The maximum absolute atomic E-state index is 13.2. The molecule has 5 aromatic carbocycles. The van der Waals surface area contributed by atoms with Crippen LogP contribution >= 0.6 is 7.92 Å². The highest BCUT2D eigenvalue weighted by molar-refractivity contribution is 7.73. The summed E-state index contributed by atoms with van der Waals surface area (Å²) < 4.78 is 0. The van der Waals surface area contributed by atoms with Crippen LogP contribution in [-0.2, 0) is 0 Å².